The normalized spacial score (nSPS) is 10.6. The van der Waals surface area contributed by atoms with Gasteiger partial charge in [-0.2, -0.15) is 5.10 Å². The van der Waals surface area contributed by atoms with E-state index < -0.39 is 0 Å². The molecule has 0 saturated heterocycles. The zero-order chi connectivity index (χ0) is 19.8. The molecular weight excluding hydrogens is 376 g/mol. The van der Waals surface area contributed by atoms with Crippen LogP contribution in [0.3, 0.4) is 0 Å². The van der Waals surface area contributed by atoms with Crippen molar-refractivity contribution in [2.75, 3.05) is 7.11 Å². The summed E-state index contributed by atoms with van der Waals surface area (Å²) in [5, 5.41) is 4.69. The number of halogens is 1. The highest BCUT2D eigenvalue weighted by Crippen LogP contribution is 2.15. The van der Waals surface area contributed by atoms with E-state index >= 15 is 0 Å². The van der Waals surface area contributed by atoms with Crippen molar-refractivity contribution in [2.24, 2.45) is 5.10 Å². The number of rotatable bonds is 7. The number of nitrogens with one attached hydrogen (secondary N) is 1. The third-order valence-corrected chi connectivity index (χ3v) is 4.16. The van der Waals surface area contributed by atoms with Crippen molar-refractivity contribution in [3.8, 4) is 11.5 Å². The fourth-order valence-corrected chi connectivity index (χ4v) is 2.52. The zero-order valence-corrected chi connectivity index (χ0v) is 16.0. The number of nitrogens with zero attached hydrogens (tertiary/aromatic N) is 1. The molecule has 0 spiro atoms. The summed E-state index contributed by atoms with van der Waals surface area (Å²) in [7, 11) is 1.55. The molecule has 142 valence electrons. The molecule has 0 aliphatic carbocycles. The molecule has 0 atom stereocenters. The minimum Gasteiger partial charge on any atom is -0.497 e. The van der Waals surface area contributed by atoms with Gasteiger partial charge in [-0.1, -0.05) is 29.8 Å². The van der Waals surface area contributed by atoms with Gasteiger partial charge in [0.25, 0.3) is 5.91 Å². The van der Waals surface area contributed by atoms with E-state index in [2.05, 4.69) is 10.5 Å². The first-order valence-corrected chi connectivity index (χ1v) is 8.96. The highest BCUT2D eigenvalue weighted by Gasteiger charge is 2.05. The van der Waals surface area contributed by atoms with Gasteiger partial charge in [0.1, 0.15) is 18.1 Å². The molecule has 0 unspecified atom stereocenters. The topological polar surface area (TPSA) is 59.9 Å². The van der Waals surface area contributed by atoms with E-state index in [1.54, 1.807) is 37.6 Å². The third-order valence-electron chi connectivity index (χ3n) is 3.91. The molecule has 0 aromatic heterocycles. The quantitative estimate of drug-likeness (QED) is 0.467. The molecule has 5 nitrogen and oxygen atoms in total. The maximum Gasteiger partial charge on any atom is 0.271 e. The molecule has 6 heteroatoms. The molecule has 0 fully saturated rings. The van der Waals surface area contributed by atoms with Crippen molar-refractivity contribution in [1.29, 1.82) is 0 Å². The van der Waals surface area contributed by atoms with Crippen LogP contribution in [-0.2, 0) is 6.61 Å². The van der Waals surface area contributed by atoms with Crippen molar-refractivity contribution in [3.05, 3.63) is 94.5 Å². The maximum absolute atomic E-state index is 12.1. The van der Waals surface area contributed by atoms with Crippen LogP contribution < -0.4 is 14.9 Å². The second-order valence-electron chi connectivity index (χ2n) is 5.92. The lowest BCUT2D eigenvalue weighted by Crippen LogP contribution is -2.17. The minimum atomic E-state index is -0.307. The number of ether oxygens (including phenoxy) is 2. The van der Waals surface area contributed by atoms with E-state index in [0.29, 0.717) is 22.9 Å². The number of hydrogen-bond acceptors (Lipinski definition) is 4. The molecule has 28 heavy (non-hydrogen) atoms. The van der Waals surface area contributed by atoms with Gasteiger partial charge in [-0.25, -0.2) is 5.43 Å². The molecule has 3 aromatic rings. The van der Waals surface area contributed by atoms with E-state index in [1.165, 1.54) is 0 Å². The summed E-state index contributed by atoms with van der Waals surface area (Å²) >= 11 is 5.87. The Bertz CT molecular complexity index is 954. The van der Waals surface area contributed by atoms with Gasteiger partial charge < -0.3 is 9.47 Å². The Hall–Kier alpha value is -3.31. The Kier molecular flexibility index (Phi) is 6.65. The Balaban J connectivity index is 1.51. The summed E-state index contributed by atoms with van der Waals surface area (Å²) < 4.78 is 10.8. The van der Waals surface area contributed by atoms with E-state index in [1.807, 2.05) is 48.5 Å². The average Bonchev–Trinajstić information content (AvgIpc) is 2.74. The van der Waals surface area contributed by atoms with Crippen LogP contribution in [-0.4, -0.2) is 19.2 Å². The molecule has 0 bridgehead atoms. The molecule has 3 rings (SSSR count). The summed E-state index contributed by atoms with van der Waals surface area (Å²) in [6.45, 7) is 0.460. The number of amides is 1. The standard InChI is InChI=1S/C22H19ClN2O3/c1-27-21-4-2-3-18(13-21)22(26)25-24-14-16-7-11-20(12-8-16)28-15-17-5-9-19(23)10-6-17/h2-14H,15H2,1H3,(H,25,26). The van der Waals surface area contributed by atoms with Crippen molar-refractivity contribution >= 4 is 23.7 Å². The number of methoxy groups -OCH3 is 1. The Morgan fingerprint density at radius 3 is 2.50 bits per heavy atom. The molecule has 1 amide bonds. The predicted octanol–water partition coefficient (Wildman–Crippen LogP) is 4.69. The van der Waals surface area contributed by atoms with Gasteiger partial charge in [0, 0.05) is 10.6 Å². The maximum atomic E-state index is 12.1. The molecule has 0 radical (unpaired) electrons. The number of hydrogen-bond donors (Lipinski definition) is 1. The zero-order valence-electron chi connectivity index (χ0n) is 15.3. The average molecular weight is 395 g/mol. The highest BCUT2D eigenvalue weighted by molar-refractivity contribution is 6.30. The Labute approximate surface area is 168 Å². The SMILES string of the molecule is COc1cccc(C(=O)NN=Cc2ccc(OCc3ccc(Cl)cc3)cc2)c1. The second-order valence-corrected chi connectivity index (χ2v) is 6.35. The summed E-state index contributed by atoms with van der Waals surface area (Å²) in [5.41, 5.74) is 4.85. The van der Waals surface area contributed by atoms with Crippen molar-refractivity contribution in [3.63, 3.8) is 0 Å². The smallest absolute Gasteiger partial charge is 0.271 e. The van der Waals surface area contributed by atoms with Crippen LogP contribution in [0.2, 0.25) is 5.02 Å². The van der Waals surface area contributed by atoms with Crippen LogP contribution in [0.25, 0.3) is 0 Å². The van der Waals surface area contributed by atoms with Gasteiger partial charge in [-0.05, 0) is 65.7 Å². The van der Waals surface area contributed by atoms with Gasteiger partial charge in [-0.3, -0.25) is 4.79 Å². The van der Waals surface area contributed by atoms with Crippen LogP contribution in [0.5, 0.6) is 11.5 Å². The van der Waals surface area contributed by atoms with Crippen molar-refractivity contribution in [2.45, 2.75) is 6.61 Å². The number of carbonyl (C=O) groups is 1. The number of carbonyl (C=O) groups excluding carboxylic acids is 1. The van der Waals surface area contributed by atoms with Gasteiger partial charge in [0.05, 0.1) is 13.3 Å². The van der Waals surface area contributed by atoms with Crippen molar-refractivity contribution < 1.29 is 14.3 Å². The van der Waals surface area contributed by atoms with Crippen LogP contribution in [0.15, 0.2) is 77.9 Å². The third kappa shape index (κ3) is 5.59. The molecule has 0 heterocycles. The monoisotopic (exact) mass is 394 g/mol. The van der Waals surface area contributed by atoms with E-state index in [9.17, 15) is 4.79 Å². The lowest BCUT2D eigenvalue weighted by Gasteiger charge is -2.06. The van der Waals surface area contributed by atoms with Crippen LogP contribution in [0.1, 0.15) is 21.5 Å². The summed E-state index contributed by atoms with van der Waals surface area (Å²) in [6.07, 6.45) is 1.57. The first kappa shape index (κ1) is 19.5. The lowest BCUT2D eigenvalue weighted by atomic mass is 10.2. The molecule has 0 aliphatic rings. The van der Waals surface area contributed by atoms with Crippen molar-refractivity contribution in [1.82, 2.24) is 5.43 Å². The second kappa shape index (κ2) is 9.58. The van der Waals surface area contributed by atoms with E-state index in [-0.39, 0.29) is 5.91 Å². The highest BCUT2D eigenvalue weighted by atomic mass is 35.5. The molecular formula is C22H19ClN2O3. The summed E-state index contributed by atoms with van der Waals surface area (Å²) in [5.74, 6) is 1.05. The van der Waals surface area contributed by atoms with Crippen LogP contribution >= 0.6 is 11.6 Å². The van der Waals surface area contributed by atoms with Gasteiger partial charge in [0.15, 0.2) is 0 Å². The van der Waals surface area contributed by atoms with Crippen LogP contribution in [0.4, 0.5) is 0 Å². The summed E-state index contributed by atoms with van der Waals surface area (Å²) in [4.78, 5) is 12.1. The minimum absolute atomic E-state index is 0.307. The fraction of sp³-hybridized carbons (Fsp3) is 0.0909. The van der Waals surface area contributed by atoms with Gasteiger partial charge in [0.2, 0.25) is 0 Å². The predicted molar refractivity (Wildman–Crippen MR) is 110 cm³/mol. The lowest BCUT2D eigenvalue weighted by molar-refractivity contribution is 0.0955. The first-order chi connectivity index (χ1) is 13.6. The molecule has 0 saturated carbocycles. The Morgan fingerprint density at radius 2 is 1.79 bits per heavy atom. The van der Waals surface area contributed by atoms with Gasteiger partial charge >= 0.3 is 0 Å². The summed E-state index contributed by atoms with van der Waals surface area (Å²) in [6, 6.07) is 21.8. The van der Waals surface area contributed by atoms with E-state index in [4.69, 9.17) is 21.1 Å². The largest absolute Gasteiger partial charge is 0.497 e. The molecule has 0 aliphatic heterocycles. The molecule has 3 aromatic carbocycles. The fourth-order valence-electron chi connectivity index (χ4n) is 2.39. The van der Waals surface area contributed by atoms with Crippen LogP contribution in [0, 0.1) is 0 Å². The number of benzene rings is 3. The first-order valence-electron chi connectivity index (χ1n) is 8.59. The number of hydrazone groups is 1. The van der Waals surface area contributed by atoms with E-state index in [0.717, 1.165) is 16.9 Å². The Morgan fingerprint density at radius 1 is 1.04 bits per heavy atom. The van der Waals surface area contributed by atoms with Gasteiger partial charge in [-0.15, -0.1) is 0 Å². The molecule has 1 N–H and O–H groups in total.